The first-order valence-corrected chi connectivity index (χ1v) is 27.5. The van der Waals surface area contributed by atoms with Gasteiger partial charge in [-0.05, 0) is 187 Å². The summed E-state index contributed by atoms with van der Waals surface area (Å²) in [6.07, 6.45) is 10.8. The highest BCUT2D eigenvalue weighted by Crippen LogP contribution is 2.57. The zero-order chi connectivity index (χ0) is 57.5. The van der Waals surface area contributed by atoms with Gasteiger partial charge in [0.2, 0.25) is 0 Å². The summed E-state index contributed by atoms with van der Waals surface area (Å²) in [4.78, 5) is 57.9. The first-order chi connectivity index (χ1) is 41.7. The van der Waals surface area contributed by atoms with E-state index >= 15 is 0 Å². The molecule has 0 spiro atoms. The number of amides is 4. The smallest absolute Gasteiger partial charge is 0.266 e. The average Bonchev–Trinajstić information content (AvgIpc) is 1.78. The molecule has 2 heterocycles. The second-order valence-electron chi connectivity index (χ2n) is 21.1. The van der Waals surface area contributed by atoms with Crippen LogP contribution in [0.4, 0.5) is 11.4 Å². The van der Waals surface area contributed by atoms with Crippen LogP contribution in [0.2, 0.25) is 0 Å². The molecule has 4 amide bonds. The van der Waals surface area contributed by atoms with Crippen LogP contribution in [0.5, 0.6) is 34.5 Å². The van der Waals surface area contributed by atoms with Crippen LogP contribution in [0.15, 0.2) is 231 Å². The predicted octanol–water partition coefficient (Wildman–Crippen LogP) is 15.9. The quantitative estimate of drug-likeness (QED) is 0.0878. The van der Waals surface area contributed by atoms with E-state index in [2.05, 4.69) is 96.8 Å². The molecule has 0 unspecified atom stereocenters. The number of imide groups is 2. The summed E-state index contributed by atoms with van der Waals surface area (Å²) in [5.74, 6) is 6.49. The van der Waals surface area contributed by atoms with Gasteiger partial charge in [-0.2, -0.15) is 0 Å². The molecular weight excluding hydrogens is 1060 g/mol. The predicted molar refractivity (Wildman–Crippen MR) is 331 cm³/mol. The standard InChI is InChI=1S/C75H44N2O8/c1-3-35-82-69-17-9-11-49-39-53(25-31-59(49)69)76-71(78)63-33-29-57(43-65(63)73(76)80)84-55-27-21-45-37-51(23-19-47(45)41-55)75(67-15-7-5-13-61(67)62-14-6-8-16-68(62)75)52-24-20-48-42-56(28-22-46(48)38-52)85-58-30-34-64-66(44-58)74(81)77(72(64)79)54-26-32-60-50(40-54)12-10-18-70(60)83-36-4-2/h1-2,5-34,37-44H,35-36H2. The highest BCUT2D eigenvalue weighted by molar-refractivity contribution is 6.35. The Kier molecular flexibility index (Phi) is 11.7. The fraction of sp³-hybridized carbons (Fsp3) is 0.0400. The van der Waals surface area contributed by atoms with Gasteiger partial charge >= 0.3 is 0 Å². The van der Waals surface area contributed by atoms with Gasteiger partial charge in [0, 0.05) is 10.8 Å². The molecule has 10 nitrogen and oxygen atoms in total. The first kappa shape index (κ1) is 50.3. The van der Waals surface area contributed by atoms with Crippen LogP contribution in [-0.4, -0.2) is 36.8 Å². The minimum Gasteiger partial charge on any atom is -0.480 e. The lowest BCUT2D eigenvalue weighted by Crippen LogP contribution is -2.29. The number of fused-ring (bicyclic) bond motifs is 9. The molecule has 1 aliphatic carbocycles. The van der Waals surface area contributed by atoms with Crippen molar-refractivity contribution in [3.05, 3.63) is 275 Å². The molecule has 10 heteroatoms. The van der Waals surface area contributed by atoms with Gasteiger partial charge in [-0.3, -0.25) is 19.2 Å². The molecule has 0 radical (unpaired) electrons. The Labute approximate surface area is 487 Å². The van der Waals surface area contributed by atoms with Crippen LogP contribution in [0.1, 0.15) is 63.7 Å². The van der Waals surface area contributed by atoms with E-state index in [9.17, 15) is 19.2 Å². The van der Waals surface area contributed by atoms with Crippen LogP contribution in [-0.2, 0) is 5.41 Å². The van der Waals surface area contributed by atoms with E-state index < -0.39 is 29.0 Å². The number of rotatable bonds is 12. The van der Waals surface area contributed by atoms with E-state index in [1.807, 2.05) is 84.9 Å². The van der Waals surface area contributed by atoms with E-state index in [1.165, 1.54) is 20.9 Å². The Morgan fingerprint density at radius 3 is 1.20 bits per heavy atom. The van der Waals surface area contributed by atoms with Gasteiger partial charge in [0.15, 0.2) is 0 Å². The molecular formula is C75H44N2O8. The maximum absolute atomic E-state index is 14.0. The fourth-order valence-electron chi connectivity index (χ4n) is 12.6. The van der Waals surface area contributed by atoms with Crippen molar-refractivity contribution in [1.82, 2.24) is 0 Å². The van der Waals surface area contributed by atoms with Crippen LogP contribution >= 0.6 is 0 Å². The van der Waals surface area contributed by atoms with Crippen molar-refractivity contribution in [2.75, 3.05) is 23.0 Å². The van der Waals surface area contributed by atoms with Crippen molar-refractivity contribution >= 4 is 78.1 Å². The van der Waals surface area contributed by atoms with E-state index in [4.69, 9.17) is 31.8 Å². The zero-order valence-corrected chi connectivity index (χ0v) is 45.2. The van der Waals surface area contributed by atoms with Crippen molar-refractivity contribution in [2.24, 2.45) is 0 Å². The van der Waals surface area contributed by atoms with E-state index in [1.54, 1.807) is 60.7 Å². The maximum Gasteiger partial charge on any atom is 0.266 e. The van der Waals surface area contributed by atoms with Gasteiger partial charge in [0.05, 0.1) is 39.0 Å². The molecule has 0 fully saturated rings. The van der Waals surface area contributed by atoms with Crippen molar-refractivity contribution in [3.63, 3.8) is 0 Å². The molecule has 402 valence electrons. The van der Waals surface area contributed by atoms with Gasteiger partial charge in [-0.25, -0.2) is 9.80 Å². The molecule has 0 bridgehead atoms. The van der Waals surface area contributed by atoms with Crippen LogP contribution in [0.25, 0.3) is 54.2 Å². The molecule has 12 aromatic rings. The SMILES string of the molecule is C#CCOc1cccc2cc(N3C(=O)c4ccc(Oc5ccc6cc(C7(c8ccc9cc(Oc%10ccc%11c(c%10)C(=O)N(c%10ccc%12c(OCC#C)cccc%12c%10)C%11=O)ccc9c8)c8ccccc8-c8ccccc87)ccc6c5)cc4C3=O)ccc12. The van der Waals surface area contributed by atoms with E-state index in [0.29, 0.717) is 57.0 Å². The Morgan fingerprint density at radius 1 is 0.341 bits per heavy atom. The molecule has 0 saturated carbocycles. The summed E-state index contributed by atoms with van der Waals surface area (Å²) in [5.41, 5.74) is 8.13. The van der Waals surface area contributed by atoms with Crippen molar-refractivity contribution < 1.29 is 38.1 Å². The number of ether oxygens (including phenoxy) is 4. The van der Waals surface area contributed by atoms with E-state index in [-0.39, 0.29) is 24.3 Å². The monoisotopic (exact) mass is 1100 g/mol. The fourth-order valence-corrected chi connectivity index (χ4v) is 12.6. The number of hydrogen-bond donors (Lipinski definition) is 0. The van der Waals surface area contributed by atoms with Gasteiger partial charge in [-0.1, -0.05) is 121 Å². The largest absolute Gasteiger partial charge is 0.480 e. The summed E-state index contributed by atoms with van der Waals surface area (Å²) in [6.45, 7) is 0.237. The number of carbonyl (C=O) groups is 4. The molecule has 0 N–H and O–H groups in total. The van der Waals surface area contributed by atoms with Crippen LogP contribution in [0.3, 0.4) is 0 Å². The highest BCUT2D eigenvalue weighted by Gasteiger charge is 2.46. The second kappa shape index (κ2) is 19.8. The Hall–Kier alpha value is -11.7. The molecule has 3 aliphatic rings. The molecule has 0 aromatic heterocycles. The van der Waals surface area contributed by atoms with Gasteiger partial charge < -0.3 is 18.9 Å². The zero-order valence-electron chi connectivity index (χ0n) is 45.2. The lowest BCUT2D eigenvalue weighted by atomic mass is 9.67. The van der Waals surface area contributed by atoms with Crippen molar-refractivity contribution in [3.8, 4) is 70.3 Å². The Balaban J connectivity index is 0.710. The third-order valence-corrected chi connectivity index (χ3v) is 16.4. The molecule has 0 saturated heterocycles. The van der Waals surface area contributed by atoms with Gasteiger partial charge in [0.1, 0.15) is 47.7 Å². The molecule has 2 aliphatic heterocycles. The van der Waals surface area contributed by atoms with E-state index in [0.717, 1.165) is 65.3 Å². The molecule has 12 aromatic carbocycles. The molecule has 15 rings (SSSR count). The van der Waals surface area contributed by atoms with Crippen LogP contribution < -0.4 is 28.7 Å². The number of nitrogens with zero attached hydrogens (tertiary/aromatic N) is 2. The lowest BCUT2D eigenvalue weighted by molar-refractivity contribution is 0.0910. The highest BCUT2D eigenvalue weighted by atomic mass is 16.5. The number of benzene rings is 12. The third-order valence-electron chi connectivity index (χ3n) is 16.4. The summed E-state index contributed by atoms with van der Waals surface area (Å²) < 4.78 is 24.3. The first-order valence-electron chi connectivity index (χ1n) is 27.5. The average molecular weight is 1100 g/mol. The Morgan fingerprint density at radius 2 is 0.741 bits per heavy atom. The number of terminal acetylenes is 2. The number of carbonyl (C=O) groups excluding carboxylic acids is 4. The summed E-state index contributed by atoms with van der Waals surface area (Å²) in [5, 5.41) is 7.14. The van der Waals surface area contributed by atoms with Crippen molar-refractivity contribution in [2.45, 2.75) is 5.41 Å². The minimum atomic E-state index is -0.705. The lowest BCUT2D eigenvalue weighted by Gasteiger charge is -2.34. The second-order valence-corrected chi connectivity index (χ2v) is 21.1. The Bertz CT molecular complexity index is 4690. The summed E-state index contributed by atoms with van der Waals surface area (Å²) >= 11 is 0. The van der Waals surface area contributed by atoms with Crippen LogP contribution in [0, 0.1) is 24.7 Å². The molecule has 85 heavy (non-hydrogen) atoms. The third kappa shape index (κ3) is 8.07. The minimum absolute atomic E-state index is 0.119. The molecule has 0 atom stereocenters. The van der Waals surface area contributed by atoms with Gasteiger partial charge in [0.25, 0.3) is 23.6 Å². The number of hydrogen-bond acceptors (Lipinski definition) is 8. The van der Waals surface area contributed by atoms with Gasteiger partial charge in [-0.15, -0.1) is 12.8 Å². The summed E-state index contributed by atoms with van der Waals surface area (Å²) in [7, 11) is 0. The van der Waals surface area contributed by atoms with Crippen molar-refractivity contribution in [1.29, 1.82) is 0 Å². The summed E-state index contributed by atoms with van der Waals surface area (Å²) in [6, 6.07) is 74.1. The number of anilines is 2. The normalized spacial score (nSPS) is 13.6. The topological polar surface area (TPSA) is 112 Å². The maximum atomic E-state index is 14.0.